The van der Waals surface area contributed by atoms with Crippen LogP contribution in [-0.2, 0) is 4.79 Å². The molecular formula is C14H25N3O. The molecule has 1 fully saturated rings. The van der Waals surface area contributed by atoms with Gasteiger partial charge in [-0.15, -0.1) is 0 Å². The number of likely N-dealkylation sites (N-methyl/N-ethyl adjacent to an activating group) is 1. The van der Waals surface area contributed by atoms with Crippen LogP contribution in [0, 0.1) is 0 Å². The predicted molar refractivity (Wildman–Crippen MR) is 73.0 cm³/mol. The molecule has 2 aliphatic carbocycles. The second kappa shape index (κ2) is 6.34. The van der Waals surface area contributed by atoms with E-state index in [0.717, 1.165) is 19.4 Å². The summed E-state index contributed by atoms with van der Waals surface area (Å²) in [7, 11) is 1.96. The van der Waals surface area contributed by atoms with Crippen molar-refractivity contribution in [2.24, 2.45) is 5.73 Å². The molecule has 0 aromatic rings. The predicted octanol–water partition coefficient (Wildman–Crippen LogP) is 1.33. The van der Waals surface area contributed by atoms with Crippen LogP contribution >= 0.6 is 0 Å². The highest BCUT2D eigenvalue weighted by molar-refractivity contribution is 5.80. The Bertz CT molecular complexity index is 323. The highest BCUT2D eigenvalue weighted by atomic mass is 16.2. The normalized spacial score (nSPS) is 19.8. The van der Waals surface area contributed by atoms with Gasteiger partial charge < -0.3 is 10.6 Å². The van der Waals surface area contributed by atoms with E-state index in [9.17, 15) is 4.79 Å². The highest BCUT2D eigenvalue weighted by Gasteiger charge is 2.35. The molecule has 0 spiro atoms. The van der Waals surface area contributed by atoms with Crippen molar-refractivity contribution in [3.8, 4) is 0 Å². The Hall–Kier alpha value is -0.870. The number of amides is 1. The molecule has 102 valence electrons. The summed E-state index contributed by atoms with van der Waals surface area (Å²) in [4.78, 5) is 16.5. The van der Waals surface area contributed by atoms with Gasteiger partial charge in [-0.2, -0.15) is 0 Å². The number of carbonyl (C=O) groups excluding carboxylic acids is 1. The molecule has 0 aromatic carbocycles. The quantitative estimate of drug-likeness (QED) is 0.774. The minimum absolute atomic E-state index is 0.251. The van der Waals surface area contributed by atoms with Crippen molar-refractivity contribution in [1.29, 1.82) is 0 Å². The Morgan fingerprint density at radius 2 is 2.22 bits per heavy atom. The lowest BCUT2D eigenvalue weighted by molar-refractivity contribution is -0.130. The van der Waals surface area contributed by atoms with Gasteiger partial charge in [0.2, 0.25) is 5.91 Å². The van der Waals surface area contributed by atoms with Crippen LogP contribution in [0.15, 0.2) is 11.8 Å². The van der Waals surface area contributed by atoms with Gasteiger partial charge in [-0.25, -0.2) is 0 Å². The van der Waals surface area contributed by atoms with Crippen LogP contribution in [0.4, 0.5) is 0 Å². The zero-order chi connectivity index (χ0) is 13.0. The molecule has 1 saturated carbocycles. The van der Waals surface area contributed by atoms with E-state index in [2.05, 4.69) is 11.0 Å². The van der Waals surface area contributed by atoms with E-state index in [-0.39, 0.29) is 5.91 Å². The zero-order valence-corrected chi connectivity index (χ0v) is 11.4. The lowest BCUT2D eigenvalue weighted by atomic mass is 10.0. The smallest absolute Gasteiger partial charge is 0.241 e. The molecule has 0 radical (unpaired) electrons. The number of nitrogens with zero attached hydrogens (tertiary/aromatic N) is 2. The van der Waals surface area contributed by atoms with Gasteiger partial charge in [-0.1, -0.05) is 6.08 Å². The van der Waals surface area contributed by atoms with Crippen LogP contribution in [0.25, 0.3) is 0 Å². The minimum atomic E-state index is 0.251. The van der Waals surface area contributed by atoms with E-state index >= 15 is 0 Å². The molecule has 0 unspecified atom stereocenters. The van der Waals surface area contributed by atoms with Crippen molar-refractivity contribution in [2.45, 2.75) is 44.6 Å². The second-order valence-corrected chi connectivity index (χ2v) is 5.46. The number of rotatable bonds is 6. The maximum atomic E-state index is 12.4. The molecule has 2 rings (SSSR count). The number of nitrogens with two attached hydrogens (primary N) is 1. The molecule has 4 nitrogen and oxygen atoms in total. The molecule has 18 heavy (non-hydrogen) atoms. The SMILES string of the molecule is CN(CCN)CC(=O)N(C1=CCCCC1)C1CC1. The minimum Gasteiger partial charge on any atom is -0.329 e. The largest absolute Gasteiger partial charge is 0.329 e. The maximum absolute atomic E-state index is 12.4. The number of hydrogen-bond donors (Lipinski definition) is 1. The molecule has 0 aromatic heterocycles. The molecule has 2 aliphatic rings. The molecule has 0 saturated heterocycles. The Balaban J connectivity index is 1.96. The Labute approximate surface area is 110 Å². The van der Waals surface area contributed by atoms with Gasteiger partial charge in [0.15, 0.2) is 0 Å². The van der Waals surface area contributed by atoms with Crippen LogP contribution in [0.1, 0.15) is 38.5 Å². The van der Waals surface area contributed by atoms with Crippen LogP contribution in [-0.4, -0.2) is 48.4 Å². The van der Waals surface area contributed by atoms with Crippen molar-refractivity contribution in [3.63, 3.8) is 0 Å². The number of allylic oxidation sites excluding steroid dienone is 2. The van der Waals surface area contributed by atoms with Crippen LogP contribution < -0.4 is 5.73 Å². The summed E-state index contributed by atoms with van der Waals surface area (Å²) >= 11 is 0. The topological polar surface area (TPSA) is 49.6 Å². The third kappa shape index (κ3) is 3.56. The Morgan fingerprint density at radius 1 is 1.44 bits per heavy atom. The first kappa shape index (κ1) is 13.6. The van der Waals surface area contributed by atoms with Crippen molar-refractivity contribution in [2.75, 3.05) is 26.7 Å². The van der Waals surface area contributed by atoms with E-state index in [4.69, 9.17) is 5.73 Å². The fraction of sp³-hybridized carbons (Fsp3) is 0.786. The average Bonchev–Trinajstić information content (AvgIpc) is 3.15. The van der Waals surface area contributed by atoms with Gasteiger partial charge in [0.25, 0.3) is 0 Å². The van der Waals surface area contributed by atoms with Gasteiger partial charge in [-0.05, 0) is 45.6 Å². The lowest BCUT2D eigenvalue weighted by Gasteiger charge is -2.29. The summed E-state index contributed by atoms with van der Waals surface area (Å²) in [6.07, 6.45) is 9.30. The summed E-state index contributed by atoms with van der Waals surface area (Å²) in [6, 6.07) is 0.480. The second-order valence-electron chi connectivity index (χ2n) is 5.46. The maximum Gasteiger partial charge on any atom is 0.241 e. The van der Waals surface area contributed by atoms with Crippen LogP contribution in [0.2, 0.25) is 0 Å². The molecule has 0 aliphatic heterocycles. The third-order valence-corrected chi connectivity index (χ3v) is 3.67. The molecule has 4 heteroatoms. The zero-order valence-electron chi connectivity index (χ0n) is 11.4. The van der Waals surface area contributed by atoms with E-state index in [1.807, 2.05) is 11.9 Å². The molecule has 2 N–H and O–H groups in total. The monoisotopic (exact) mass is 251 g/mol. The summed E-state index contributed by atoms with van der Waals surface area (Å²) in [6.45, 7) is 1.88. The number of carbonyl (C=O) groups is 1. The standard InChI is InChI=1S/C14H25N3O/c1-16(10-9-15)11-14(18)17(13-7-8-13)12-5-3-2-4-6-12/h5,13H,2-4,6-11,15H2,1H3. The molecule has 0 heterocycles. The first-order valence-corrected chi connectivity index (χ1v) is 7.12. The van der Waals surface area contributed by atoms with Gasteiger partial charge in [0.05, 0.1) is 6.54 Å². The molecular weight excluding hydrogens is 226 g/mol. The summed E-state index contributed by atoms with van der Waals surface area (Å²) in [5, 5.41) is 0. The van der Waals surface area contributed by atoms with E-state index in [0.29, 0.717) is 19.1 Å². The van der Waals surface area contributed by atoms with Gasteiger partial charge in [0, 0.05) is 24.8 Å². The van der Waals surface area contributed by atoms with Gasteiger partial charge in [-0.3, -0.25) is 9.69 Å². The first-order valence-electron chi connectivity index (χ1n) is 7.12. The van der Waals surface area contributed by atoms with Crippen molar-refractivity contribution in [1.82, 2.24) is 9.80 Å². The van der Waals surface area contributed by atoms with Crippen molar-refractivity contribution in [3.05, 3.63) is 11.8 Å². The van der Waals surface area contributed by atoms with E-state index in [1.54, 1.807) is 0 Å². The fourth-order valence-corrected chi connectivity index (χ4v) is 2.58. The van der Waals surface area contributed by atoms with Gasteiger partial charge in [0.1, 0.15) is 0 Å². The molecule has 0 atom stereocenters. The van der Waals surface area contributed by atoms with Crippen molar-refractivity contribution >= 4 is 5.91 Å². The average molecular weight is 251 g/mol. The van der Waals surface area contributed by atoms with E-state index in [1.165, 1.54) is 31.4 Å². The van der Waals surface area contributed by atoms with E-state index < -0.39 is 0 Å². The summed E-state index contributed by atoms with van der Waals surface area (Å²) < 4.78 is 0. The molecule has 1 amide bonds. The molecule has 0 bridgehead atoms. The van der Waals surface area contributed by atoms with Gasteiger partial charge >= 0.3 is 0 Å². The van der Waals surface area contributed by atoms with Crippen LogP contribution in [0.5, 0.6) is 0 Å². The fourth-order valence-electron chi connectivity index (χ4n) is 2.58. The third-order valence-electron chi connectivity index (χ3n) is 3.67. The summed E-state index contributed by atoms with van der Waals surface area (Å²) in [5.74, 6) is 0.251. The lowest BCUT2D eigenvalue weighted by Crippen LogP contribution is -2.41. The van der Waals surface area contributed by atoms with Crippen molar-refractivity contribution < 1.29 is 4.79 Å². The Morgan fingerprint density at radius 3 is 2.78 bits per heavy atom. The summed E-state index contributed by atoms with van der Waals surface area (Å²) in [5.41, 5.74) is 6.79. The first-order chi connectivity index (χ1) is 8.72. The van der Waals surface area contributed by atoms with Crippen LogP contribution in [0.3, 0.4) is 0 Å². The number of hydrogen-bond acceptors (Lipinski definition) is 3. The Kier molecular flexibility index (Phi) is 4.78. The highest BCUT2D eigenvalue weighted by Crippen LogP contribution is 2.33.